The molecule has 0 unspecified atom stereocenters. The topological polar surface area (TPSA) is 52.1 Å². The van der Waals surface area contributed by atoms with E-state index in [1.54, 1.807) is 12.4 Å². The molecule has 0 bridgehead atoms. The Hall–Kier alpha value is -2.30. The lowest BCUT2D eigenvalue weighted by Gasteiger charge is -2.04. The van der Waals surface area contributed by atoms with Crippen molar-refractivity contribution in [1.29, 1.82) is 0 Å². The Kier molecular flexibility index (Phi) is 6.01. The highest BCUT2D eigenvalue weighted by molar-refractivity contribution is 5.90. The number of hydrogen-bond acceptors (Lipinski definition) is 4. The maximum Gasteiger partial charge on any atom is 0.345 e. The molecule has 0 spiro atoms. The van der Waals surface area contributed by atoms with Crippen molar-refractivity contribution in [2.75, 3.05) is 0 Å². The Labute approximate surface area is 129 Å². The fourth-order valence-electron chi connectivity index (χ4n) is 2.01. The van der Waals surface area contributed by atoms with Gasteiger partial charge in [0.05, 0.1) is 5.56 Å². The average molecular weight is 302 g/mol. The Bertz CT molecular complexity index is 597. The summed E-state index contributed by atoms with van der Waals surface area (Å²) in [6.07, 6.45) is 9.00. The fraction of sp³-hybridized carbons (Fsp3) is 0.353. The number of aromatic nitrogens is 2. The van der Waals surface area contributed by atoms with Gasteiger partial charge in [-0.05, 0) is 42.7 Å². The molecule has 116 valence electrons. The lowest BCUT2D eigenvalue weighted by molar-refractivity contribution is 0.0719. The van der Waals surface area contributed by atoms with Gasteiger partial charge >= 0.3 is 12.0 Å². The number of carbonyl (C=O) groups is 1. The number of ether oxygens (including phenoxy) is 1. The summed E-state index contributed by atoms with van der Waals surface area (Å²) in [4.78, 5) is 19.9. The van der Waals surface area contributed by atoms with Crippen LogP contribution in [-0.4, -0.2) is 15.9 Å². The summed E-state index contributed by atoms with van der Waals surface area (Å²) in [6, 6.07) is 5.14. The summed E-state index contributed by atoms with van der Waals surface area (Å²) in [5.74, 6) is -1.00. The molecule has 0 N–H and O–H groups in total. The molecular formula is C17H19FN2O2. The number of esters is 1. The van der Waals surface area contributed by atoms with E-state index in [9.17, 15) is 9.18 Å². The van der Waals surface area contributed by atoms with Crippen LogP contribution in [0.3, 0.4) is 0 Å². The second kappa shape index (κ2) is 8.22. The van der Waals surface area contributed by atoms with Crippen molar-refractivity contribution < 1.29 is 13.9 Å². The summed E-state index contributed by atoms with van der Waals surface area (Å²) in [6.45, 7) is 2.17. The molecule has 0 atom stereocenters. The molecular weight excluding hydrogens is 283 g/mol. The van der Waals surface area contributed by atoms with E-state index in [1.807, 2.05) is 0 Å². The first kappa shape index (κ1) is 16.1. The smallest absolute Gasteiger partial charge is 0.345 e. The number of carbonyl (C=O) groups excluding carboxylic acids is 1. The van der Waals surface area contributed by atoms with E-state index in [0.29, 0.717) is 0 Å². The molecule has 0 aliphatic heterocycles. The molecule has 2 aromatic rings. The van der Waals surface area contributed by atoms with Crippen molar-refractivity contribution in [2.45, 2.75) is 39.0 Å². The van der Waals surface area contributed by atoms with Crippen LogP contribution in [0.15, 0.2) is 36.7 Å². The first-order valence-electron chi connectivity index (χ1n) is 7.47. The molecule has 5 heteroatoms. The second-order valence-electron chi connectivity index (χ2n) is 5.08. The zero-order valence-corrected chi connectivity index (χ0v) is 12.6. The molecule has 4 nitrogen and oxygen atoms in total. The highest BCUT2D eigenvalue weighted by atomic mass is 19.1. The zero-order valence-electron chi connectivity index (χ0n) is 12.6. The lowest BCUT2D eigenvalue weighted by Crippen LogP contribution is -2.10. The van der Waals surface area contributed by atoms with E-state index in [-0.39, 0.29) is 11.6 Å². The number of hydrogen-bond donors (Lipinski definition) is 0. The molecule has 0 radical (unpaired) electrons. The maximum absolute atomic E-state index is 12.8. The van der Waals surface area contributed by atoms with Gasteiger partial charge in [0.2, 0.25) is 0 Å². The summed E-state index contributed by atoms with van der Waals surface area (Å²) in [5, 5.41) is 0. The van der Waals surface area contributed by atoms with E-state index in [4.69, 9.17) is 4.74 Å². The van der Waals surface area contributed by atoms with Crippen molar-refractivity contribution in [3.05, 3.63) is 53.6 Å². The highest BCUT2D eigenvalue weighted by Gasteiger charge is 2.10. The predicted molar refractivity (Wildman–Crippen MR) is 81.2 cm³/mol. The molecule has 2 rings (SSSR count). The normalized spacial score (nSPS) is 10.5. The number of aryl methyl sites for hydroxylation is 1. The van der Waals surface area contributed by atoms with Gasteiger partial charge in [0, 0.05) is 12.4 Å². The molecule has 22 heavy (non-hydrogen) atoms. The van der Waals surface area contributed by atoms with Crippen LogP contribution in [-0.2, 0) is 6.42 Å². The number of halogens is 1. The maximum atomic E-state index is 12.8. The second-order valence-corrected chi connectivity index (χ2v) is 5.08. The van der Waals surface area contributed by atoms with Crippen molar-refractivity contribution >= 4 is 5.97 Å². The summed E-state index contributed by atoms with van der Waals surface area (Å²) in [5.41, 5.74) is 1.28. The Balaban J connectivity index is 1.88. The quantitative estimate of drug-likeness (QED) is 0.574. The molecule has 0 saturated heterocycles. The van der Waals surface area contributed by atoms with Gasteiger partial charge in [0.15, 0.2) is 0 Å². The minimum atomic E-state index is -0.601. The summed E-state index contributed by atoms with van der Waals surface area (Å²) >= 11 is 0. The summed E-state index contributed by atoms with van der Waals surface area (Å²) < 4.78 is 17.8. The first-order valence-corrected chi connectivity index (χ1v) is 7.47. The Morgan fingerprint density at radius 1 is 1.09 bits per heavy atom. The van der Waals surface area contributed by atoms with Crippen LogP contribution in [0.25, 0.3) is 0 Å². The van der Waals surface area contributed by atoms with Crippen LogP contribution >= 0.6 is 0 Å². The molecule has 1 aromatic heterocycles. The van der Waals surface area contributed by atoms with Crippen molar-refractivity contribution in [2.24, 2.45) is 0 Å². The van der Waals surface area contributed by atoms with E-state index < -0.39 is 11.8 Å². The first-order chi connectivity index (χ1) is 10.7. The number of nitrogens with zero attached hydrogens (tertiary/aromatic N) is 2. The highest BCUT2D eigenvalue weighted by Crippen LogP contribution is 2.10. The minimum absolute atomic E-state index is 0.00614. The molecule has 0 amide bonds. The lowest BCUT2D eigenvalue weighted by atomic mass is 10.1. The van der Waals surface area contributed by atoms with Crippen LogP contribution < -0.4 is 4.74 Å². The van der Waals surface area contributed by atoms with E-state index in [2.05, 4.69) is 16.9 Å². The van der Waals surface area contributed by atoms with Gasteiger partial charge in [0.1, 0.15) is 5.82 Å². The predicted octanol–water partition coefficient (Wildman–Crippen LogP) is 3.96. The molecule has 1 heterocycles. The van der Waals surface area contributed by atoms with Gasteiger partial charge in [-0.2, -0.15) is 0 Å². The van der Waals surface area contributed by atoms with Gasteiger partial charge in [-0.15, -0.1) is 0 Å². The van der Waals surface area contributed by atoms with Gasteiger partial charge in [-0.25, -0.2) is 19.2 Å². The third-order valence-electron chi connectivity index (χ3n) is 3.26. The van der Waals surface area contributed by atoms with Crippen LogP contribution in [0, 0.1) is 5.82 Å². The average Bonchev–Trinajstić information content (AvgIpc) is 2.54. The minimum Gasteiger partial charge on any atom is -0.387 e. The molecule has 0 aliphatic carbocycles. The van der Waals surface area contributed by atoms with Crippen molar-refractivity contribution in [3.63, 3.8) is 0 Å². The zero-order chi connectivity index (χ0) is 15.8. The third kappa shape index (κ3) is 4.91. The largest absolute Gasteiger partial charge is 0.387 e. The molecule has 0 aliphatic rings. The van der Waals surface area contributed by atoms with Crippen molar-refractivity contribution in [3.8, 4) is 6.01 Å². The number of benzene rings is 1. The molecule has 0 saturated carbocycles. The van der Waals surface area contributed by atoms with E-state index in [1.165, 1.54) is 43.5 Å². The van der Waals surface area contributed by atoms with Crippen LogP contribution in [0.2, 0.25) is 0 Å². The third-order valence-corrected chi connectivity index (χ3v) is 3.26. The molecule has 0 fully saturated rings. The Morgan fingerprint density at radius 2 is 1.77 bits per heavy atom. The Morgan fingerprint density at radius 3 is 2.41 bits per heavy atom. The fourth-order valence-corrected chi connectivity index (χ4v) is 2.01. The van der Waals surface area contributed by atoms with Crippen molar-refractivity contribution in [1.82, 2.24) is 9.97 Å². The van der Waals surface area contributed by atoms with E-state index >= 15 is 0 Å². The van der Waals surface area contributed by atoms with Crippen LogP contribution in [0.5, 0.6) is 6.01 Å². The monoisotopic (exact) mass is 302 g/mol. The number of unbranched alkanes of at least 4 members (excludes halogenated alkanes) is 3. The summed E-state index contributed by atoms with van der Waals surface area (Å²) in [7, 11) is 0. The van der Waals surface area contributed by atoms with Gasteiger partial charge in [0.25, 0.3) is 0 Å². The SMILES string of the molecule is CCCCCCc1cnc(OC(=O)c2ccc(F)cc2)nc1. The van der Waals surface area contributed by atoms with Crippen LogP contribution in [0.1, 0.15) is 48.5 Å². The van der Waals surface area contributed by atoms with Gasteiger partial charge in [-0.3, -0.25) is 0 Å². The standard InChI is InChI=1S/C17H19FN2O2/c1-2-3-4-5-6-13-11-19-17(20-12-13)22-16(21)14-7-9-15(18)10-8-14/h7-12H,2-6H2,1H3. The van der Waals surface area contributed by atoms with E-state index in [0.717, 1.165) is 18.4 Å². The van der Waals surface area contributed by atoms with Gasteiger partial charge in [-0.1, -0.05) is 26.2 Å². The molecule has 1 aromatic carbocycles. The number of rotatable bonds is 7. The van der Waals surface area contributed by atoms with Gasteiger partial charge < -0.3 is 4.74 Å². The van der Waals surface area contributed by atoms with Crippen LogP contribution in [0.4, 0.5) is 4.39 Å².